The van der Waals surface area contributed by atoms with E-state index in [1.807, 2.05) is 32.0 Å². The van der Waals surface area contributed by atoms with Crippen molar-refractivity contribution in [1.82, 2.24) is 10.2 Å². The second-order valence-corrected chi connectivity index (χ2v) is 7.97. The highest BCUT2D eigenvalue weighted by atomic mass is 35.5. The lowest BCUT2D eigenvalue weighted by molar-refractivity contribution is -0.140. The monoisotopic (exact) mass is 480 g/mol. The highest BCUT2D eigenvalue weighted by Crippen LogP contribution is 2.30. The van der Waals surface area contributed by atoms with Gasteiger partial charge in [-0.3, -0.25) is 9.59 Å². The van der Waals surface area contributed by atoms with Gasteiger partial charge in [-0.25, -0.2) is 0 Å². The van der Waals surface area contributed by atoms with Crippen LogP contribution in [0.4, 0.5) is 0 Å². The number of carbonyl (C=O) groups is 2. The number of likely N-dealkylation sites (N-methyl/N-ethyl adjacent to an activating group) is 1. The van der Waals surface area contributed by atoms with Crippen molar-refractivity contribution in [3.05, 3.63) is 57.6 Å². The number of nitrogens with zero attached hydrogens (tertiary/aromatic N) is 1. The Labute approximate surface area is 199 Å². The third-order valence-electron chi connectivity index (χ3n) is 5.04. The van der Waals surface area contributed by atoms with Gasteiger partial charge in [-0.15, -0.1) is 0 Å². The molecule has 0 aromatic heterocycles. The molecule has 6 nitrogen and oxygen atoms in total. The van der Waals surface area contributed by atoms with E-state index in [9.17, 15) is 9.59 Å². The van der Waals surface area contributed by atoms with E-state index >= 15 is 0 Å². The Morgan fingerprint density at radius 3 is 2.25 bits per heavy atom. The maximum atomic E-state index is 13.2. The molecule has 0 radical (unpaired) electrons. The molecule has 0 aliphatic heterocycles. The standard InChI is InChI=1S/C24H30Cl2N2O4/c1-5-31-21-12-10-17(14-22(21)32-6-2)11-13-23(29)28(16(3)24(30)27-4)15-18-19(25)8-7-9-20(18)26/h7-10,12,14,16H,5-6,11,13,15H2,1-4H3,(H,27,30). The summed E-state index contributed by atoms with van der Waals surface area (Å²) in [6, 6.07) is 10.1. The molecule has 1 N–H and O–H groups in total. The van der Waals surface area contributed by atoms with Gasteiger partial charge in [-0.2, -0.15) is 0 Å². The largest absolute Gasteiger partial charge is 0.490 e. The zero-order valence-electron chi connectivity index (χ0n) is 18.9. The molecule has 0 spiro atoms. The molecule has 0 aliphatic carbocycles. The molecule has 2 rings (SSSR count). The normalized spacial score (nSPS) is 11.6. The number of carbonyl (C=O) groups excluding carboxylic acids is 2. The van der Waals surface area contributed by atoms with Crippen LogP contribution in [0.1, 0.15) is 38.3 Å². The van der Waals surface area contributed by atoms with Crippen molar-refractivity contribution in [3.8, 4) is 11.5 Å². The van der Waals surface area contributed by atoms with E-state index in [0.29, 0.717) is 46.7 Å². The number of aryl methyl sites for hydroxylation is 1. The van der Waals surface area contributed by atoms with Crippen LogP contribution in [0.15, 0.2) is 36.4 Å². The second-order valence-electron chi connectivity index (χ2n) is 7.16. The third kappa shape index (κ3) is 6.78. The average Bonchev–Trinajstić information content (AvgIpc) is 2.78. The first-order chi connectivity index (χ1) is 15.3. The van der Waals surface area contributed by atoms with Gasteiger partial charge in [0, 0.05) is 35.6 Å². The van der Waals surface area contributed by atoms with Gasteiger partial charge >= 0.3 is 0 Å². The van der Waals surface area contributed by atoms with Gasteiger partial charge in [0.25, 0.3) is 0 Å². The predicted molar refractivity (Wildman–Crippen MR) is 128 cm³/mol. The number of ether oxygens (including phenoxy) is 2. The lowest BCUT2D eigenvalue weighted by Crippen LogP contribution is -2.46. The van der Waals surface area contributed by atoms with Crippen molar-refractivity contribution < 1.29 is 19.1 Å². The number of rotatable bonds is 11. The molecule has 2 aromatic carbocycles. The molecule has 0 fully saturated rings. The summed E-state index contributed by atoms with van der Waals surface area (Å²) in [5.41, 5.74) is 1.55. The van der Waals surface area contributed by atoms with Crippen LogP contribution in [0.5, 0.6) is 11.5 Å². The molecule has 0 aliphatic rings. The molecule has 32 heavy (non-hydrogen) atoms. The molecular weight excluding hydrogens is 451 g/mol. The van der Waals surface area contributed by atoms with Gasteiger partial charge in [0.05, 0.1) is 13.2 Å². The SMILES string of the molecule is CCOc1ccc(CCC(=O)N(Cc2c(Cl)cccc2Cl)C(C)C(=O)NC)cc1OCC. The second kappa shape index (κ2) is 12.6. The van der Waals surface area contributed by atoms with Crippen LogP contribution in [-0.4, -0.2) is 43.0 Å². The van der Waals surface area contributed by atoms with Gasteiger partial charge in [0.15, 0.2) is 11.5 Å². The molecule has 174 valence electrons. The molecule has 1 unspecified atom stereocenters. The van der Waals surface area contributed by atoms with Crippen LogP contribution in [0.2, 0.25) is 10.0 Å². The van der Waals surface area contributed by atoms with E-state index < -0.39 is 6.04 Å². The molecule has 0 saturated carbocycles. The maximum absolute atomic E-state index is 13.2. The first-order valence-corrected chi connectivity index (χ1v) is 11.4. The number of amides is 2. The molecule has 2 amide bonds. The molecule has 8 heteroatoms. The summed E-state index contributed by atoms with van der Waals surface area (Å²) < 4.78 is 11.3. The van der Waals surface area contributed by atoms with Crippen LogP contribution in [0.3, 0.4) is 0 Å². The van der Waals surface area contributed by atoms with Crippen molar-refractivity contribution in [3.63, 3.8) is 0 Å². The third-order valence-corrected chi connectivity index (χ3v) is 5.75. The summed E-state index contributed by atoms with van der Waals surface area (Å²) in [5, 5.41) is 3.50. The lowest BCUT2D eigenvalue weighted by Gasteiger charge is -2.29. The van der Waals surface area contributed by atoms with Gasteiger partial charge in [0.1, 0.15) is 6.04 Å². The molecule has 1 atom stereocenters. The number of halogens is 2. The number of hydrogen-bond donors (Lipinski definition) is 1. The Morgan fingerprint density at radius 1 is 1.03 bits per heavy atom. The summed E-state index contributed by atoms with van der Waals surface area (Å²) in [6.07, 6.45) is 0.696. The Bertz CT molecular complexity index is 916. The topological polar surface area (TPSA) is 67.9 Å². The highest BCUT2D eigenvalue weighted by Gasteiger charge is 2.26. The van der Waals surface area contributed by atoms with Crippen molar-refractivity contribution in [2.24, 2.45) is 0 Å². The van der Waals surface area contributed by atoms with Gasteiger partial charge in [0.2, 0.25) is 11.8 Å². The predicted octanol–water partition coefficient (Wildman–Crippen LogP) is 4.89. The van der Waals surface area contributed by atoms with Gasteiger partial charge in [-0.1, -0.05) is 35.3 Å². The molecular formula is C24H30Cl2N2O4. The van der Waals surface area contributed by atoms with E-state index in [-0.39, 0.29) is 24.8 Å². The minimum Gasteiger partial charge on any atom is -0.490 e. The summed E-state index contributed by atoms with van der Waals surface area (Å²) in [7, 11) is 1.54. The summed E-state index contributed by atoms with van der Waals surface area (Å²) in [5.74, 6) is 0.885. The lowest BCUT2D eigenvalue weighted by atomic mass is 10.1. The minimum atomic E-state index is -0.681. The Hall–Kier alpha value is -2.44. The zero-order chi connectivity index (χ0) is 23.7. The number of nitrogens with one attached hydrogen (secondary N) is 1. The van der Waals surface area contributed by atoms with Crippen molar-refractivity contribution in [2.45, 2.75) is 46.2 Å². The van der Waals surface area contributed by atoms with E-state index in [2.05, 4.69) is 5.32 Å². The smallest absolute Gasteiger partial charge is 0.242 e. The maximum Gasteiger partial charge on any atom is 0.242 e. The fraction of sp³-hybridized carbons (Fsp3) is 0.417. The van der Waals surface area contributed by atoms with Crippen molar-refractivity contribution >= 4 is 35.0 Å². The van der Waals surface area contributed by atoms with E-state index in [0.717, 1.165) is 5.56 Å². The summed E-state index contributed by atoms with van der Waals surface area (Å²) in [4.78, 5) is 27.0. The molecule has 0 saturated heterocycles. The Balaban J connectivity index is 2.21. The van der Waals surface area contributed by atoms with Crippen molar-refractivity contribution in [2.75, 3.05) is 20.3 Å². The number of hydrogen-bond acceptors (Lipinski definition) is 4. The minimum absolute atomic E-state index is 0.138. The average molecular weight is 481 g/mol. The number of benzene rings is 2. The van der Waals surface area contributed by atoms with E-state index in [1.54, 1.807) is 32.2 Å². The first-order valence-electron chi connectivity index (χ1n) is 10.6. The van der Waals surface area contributed by atoms with Gasteiger partial charge < -0.3 is 19.7 Å². The highest BCUT2D eigenvalue weighted by molar-refractivity contribution is 6.36. The Kier molecular flexibility index (Phi) is 10.1. The Morgan fingerprint density at radius 2 is 1.66 bits per heavy atom. The van der Waals surface area contributed by atoms with Crippen molar-refractivity contribution in [1.29, 1.82) is 0 Å². The zero-order valence-corrected chi connectivity index (χ0v) is 20.4. The van der Waals surface area contributed by atoms with E-state index in [1.165, 1.54) is 4.90 Å². The van der Waals surface area contributed by atoms with Crippen LogP contribution in [-0.2, 0) is 22.6 Å². The van der Waals surface area contributed by atoms with Crippen LogP contribution < -0.4 is 14.8 Å². The summed E-state index contributed by atoms with van der Waals surface area (Å²) >= 11 is 12.6. The quantitative estimate of drug-likeness (QED) is 0.497. The molecule has 0 heterocycles. The van der Waals surface area contributed by atoms with Crippen LogP contribution in [0, 0.1) is 0 Å². The fourth-order valence-corrected chi connectivity index (χ4v) is 3.81. The van der Waals surface area contributed by atoms with E-state index in [4.69, 9.17) is 32.7 Å². The fourth-order valence-electron chi connectivity index (χ4n) is 3.29. The first kappa shape index (κ1) is 25.8. The molecule has 2 aromatic rings. The molecule has 0 bridgehead atoms. The van der Waals surface area contributed by atoms with Crippen LogP contribution >= 0.6 is 23.2 Å². The van der Waals surface area contributed by atoms with Gasteiger partial charge in [-0.05, 0) is 57.0 Å². The summed E-state index contributed by atoms with van der Waals surface area (Å²) in [6.45, 7) is 6.69. The van der Waals surface area contributed by atoms with Crippen LogP contribution in [0.25, 0.3) is 0 Å².